The van der Waals surface area contributed by atoms with Crippen molar-refractivity contribution in [3.05, 3.63) is 47.8 Å². The Morgan fingerprint density at radius 3 is 3.00 bits per heavy atom. The van der Waals surface area contributed by atoms with Gasteiger partial charge in [-0.05, 0) is 49.4 Å². The Balaban J connectivity index is 1.75. The fraction of sp³-hybridized carbons (Fsp3) is 0.389. The van der Waals surface area contributed by atoms with Crippen LogP contribution in [0.5, 0.6) is 0 Å². The maximum Gasteiger partial charge on any atom is 0.274 e. The zero-order chi connectivity index (χ0) is 16.2. The van der Waals surface area contributed by atoms with Gasteiger partial charge in [-0.2, -0.15) is 0 Å². The van der Waals surface area contributed by atoms with E-state index in [0.717, 1.165) is 30.8 Å². The van der Waals surface area contributed by atoms with E-state index in [0.29, 0.717) is 17.6 Å². The molecule has 0 saturated carbocycles. The first-order valence-corrected chi connectivity index (χ1v) is 8.08. The summed E-state index contributed by atoms with van der Waals surface area (Å²) in [5.74, 6) is 1.08. The molecule has 1 fully saturated rings. The zero-order valence-corrected chi connectivity index (χ0v) is 13.6. The molecule has 1 atom stereocenters. The standard InChI is InChI=1S/C18H22N4O/c1-13-5-3-7-15(11-13)20-17(23)16-8-9-19-18(21-16)22-10-4-6-14(2)12-22/h3,5,7-9,11,14H,4,6,10,12H2,1-2H3,(H,20,23). The first-order valence-electron chi connectivity index (χ1n) is 8.08. The van der Waals surface area contributed by atoms with Crippen molar-refractivity contribution in [2.45, 2.75) is 26.7 Å². The van der Waals surface area contributed by atoms with E-state index >= 15 is 0 Å². The maximum atomic E-state index is 12.4. The number of aromatic nitrogens is 2. The number of hydrogen-bond acceptors (Lipinski definition) is 4. The second kappa shape index (κ2) is 6.77. The van der Waals surface area contributed by atoms with Crippen molar-refractivity contribution in [1.29, 1.82) is 0 Å². The second-order valence-electron chi connectivity index (χ2n) is 6.26. The van der Waals surface area contributed by atoms with Gasteiger partial charge in [0.05, 0.1) is 0 Å². The summed E-state index contributed by atoms with van der Waals surface area (Å²) >= 11 is 0. The molecule has 1 unspecified atom stereocenters. The summed E-state index contributed by atoms with van der Waals surface area (Å²) in [6.45, 7) is 6.13. The highest BCUT2D eigenvalue weighted by Crippen LogP contribution is 2.20. The summed E-state index contributed by atoms with van der Waals surface area (Å²) in [7, 11) is 0. The fourth-order valence-electron chi connectivity index (χ4n) is 2.92. The van der Waals surface area contributed by atoms with Crippen LogP contribution in [-0.2, 0) is 0 Å². The molecule has 1 N–H and O–H groups in total. The van der Waals surface area contributed by atoms with Crippen molar-refractivity contribution in [2.75, 3.05) is 23.3 Å². The molecule has 0 bridgehead atoms. The van der Waals surface area contributed by atoms with E-state index < -0.39 is 0 Å². The van der Waals surface area contributed by atoms with Gasteiger partial charge in [0.1, 0.15) is 5.69 Å². The van der Waals surface area contributed by atoms with Crippen LogP contribution in [0.1, 0.15) is 35.8 Å². The molecule has 0 radical (unpaired) electrons. The Bertz CT molecular complexity index is 701. The lowest BCUT2D eigenvalue weighted by atomic mass is 10.0. The lowest BCUT2D eigenvalue weighted by molar-refractivity contribution is 0.102. The number of nitrogens with one attached hydrogen (secondary N) is 1. The Morgan fingerprint density at radius 1 is 1.35 bits per heavy atom. The van der Waals surface area contributed by atoms with Crippen molar-refractivity contribution >= 4 is 17.5 Å². The molecule has 1 aromatic heterocycles. The molecule has 3 rings (SSSR count). The first-order chi connectivity index (χ1) is 11.1. The van der Waals surface area contributed by atoms with Gasteiger partial charge >= 0.3 is 0 Å². The molecule has 1 aliphatic rings. The molecule has 2 aromatic rings. The number of carbonyl (C=O) groups is 1. The molecular formula is C18H22N4O. The van der Waals surface area contributed by atoms with Gasteiger partial charge in [-0.3, -0.25) is 4.79 Å². The van der Waals surface area contributed by atoms with Crippen LogP contribution in [0.15, 0.2) is 36.5 Å². The molecule has 1 aromatic carbocycles. The average molecular weight is 310 g/mol. The Hall–Kier alpha value is -2.43. The monoisotopic (exact) mass is 310 g/mol. The van der Waals surface area contributed by atoms with Crippen molar-refractivity contribution in [3.8, 4) is 0 Å². The van der Waals surface area contributed by atoms with Crippen molar-refractivity contribution in [3.63, 3.8) is 0 Å². The summed E-state index contributed by atoms with van der Waals surface area (Å²) in [6.07, 6.45) is 4.04. The molecule has 0 spiro atoms. The average Bonchev–Trinajstić information content (AvgIpc) is 2.55. The second-order valence-corrected chi connectivity index (χ2v) is 6.26. The van der Waals surface area contributed by atoms with Gasteiger partial charge in [0.2, 0.25) is 5.95 Å². The van der Waals surface area contributed by atoms with E-state index in [1.165, 1.54) is 6.42 Å². The van der Waals surface area contributed by atoms with Crippen LogP contribution in [-0.4, -0.2) is 29.0 Å². The van der Waals surface area contributed by atoms with E-state index in [1.54, 1.807) is 12.3 Å². The predicted molar refractivity (Wildman–Crippen MR) is 91.8 cm³/mol. The third kappa shape index (κ3) is 3.86. The number of benzene rings is 1. The quantitative estimate of drug-likeness (QED) is 0.945. The van der Waals surface area contributed by atoms with E-state index in [-0.39, 0.29) is 5.91 Å². The highest BCUT2D eigenvalue weighted by molar-refractivity contribution is 6.03. The van der Waals surface area contributed by atoms with Gasteiger partial charge in [0, 0.05) is 25.0 Å². The molecular weight excluding hydrogens is 288 g/mol. The van der Waals surface area contributed by atoms with E-state index in [2.05, 4.69) is 27.1 Å². The molecule has 1 amide bonds. The summed E-state index contributed by atoms with van der Waals surface area (Å²) in [4.78, 5) is 23.4. The number of anilines is 2. The van der Waals surface area contributed by atoms with Crippen molar-refractivity contribution in [1.82, 2.24) is 9.97 Å². The van der Waals surface area contributed by atoms with Gasteiger partial charge < -0.3 is 10.2 Å². The zero-order valence-electron chi connectivity index (χ0n) is 13.6. The molecule has 1 aliphatic heterocycles. The van der Waals surface area contributed by atoms with Crippen LogP contribution >= 0.6 is 0 Å². The van der Waals surface area contributed by atoms with Crippen LogP contribution < -0.4 is 10.2 Å². The molecule has 5 nitrogen and oxygen atoms in total. The Kier molecular flexibility index (Phi) is 4.55. The summed E-state index contributed by atoms with van der Waals surface area (Å²) < 4.78 is 0. The SMILES string of the molecule is Cc1cccc(NC(=O)c2ccnc(N3CCCC(C)C3)n2)c1. The highest BCUT2D eigenvalue weighted by Gasteiger charge is 2.19. The predicted octanol–water partition coefficient (Wildman–Crippen LogP) is 3.27. The Labute approximate surface area is 136 Å². The molecule has 0 aliphatic carbocycles. The van der Waals surface area contributed by atoms with Crippen LogP contribution in [0, 0.1) is 12.8 Å². The minimum Gasteiger partial charge on any atom is -0.341 e. The van der Waals surface area contributed by atoms with Crippen LogP contribution in [0.25, 0.3) is 0 Å². The normalized spacial score (nSPS) is 17.8. The van der Waals surface area contributed by atoms with Crippen LogP contribution in [0.3, 0.4) is 0 Å². The summed E-state index contributed by atoms with van der Waals surface area (Å²) in [6, 6.07) is 9.38. The van der Waals surface area contributed by atoms with Crippen LogP contribution in [0.4, 0.5) is 11.6 Å². The molecule has 23 heavy (non-hydrogen) atoms. The Morgan fingerprint density at radius 2 is 2.22 bits per heavy atom. The number of rotatable bonds is 3. The van der Waals surface area contributed by atoms with E-state index in [1.807, 2.05) is 31.2 Å². The van der Waals surface area contributed by atoms with Gasteiger partial charge in [-0.15, -0.1) is 0 Å². The van der Waals surface area contributed by atoms with Crippen LogP contribution in [0.2, 0.25) is 0 Å². The topological polar surface area (TPSA) is 58.1 Å². The first kappa shape index (κ1) is 15.5. The summed E-state index contributed by atoms with van der Waals surface area (Å²) in [5.41, 5.74) is 2.28. The van der Waals surface area contributed by atoms with Gasteiger partial charge in [0.25, 0.3) is 5.91 Å². The minimum absolute atomic E-state index is 0.204. The van der Waals surface area contributed by atoms with E-state index in [9.17, 15) is 4.79 Å². The van der Waals surface area contributed by atoms with Gasteiger partial charge in [-0.1, -0.05) is 19.1 Å². The van der Waals surface area contributed by atoms with Crippen molar-refractivity contribution < 1.29 is 4.79 Å². The van der Waals surface area contributed by atoms with Gasteiger partial charge in [0.15, 0.2) is 0 Å². The number of aryl methyl sites for hydroxylation is 1. The highest BCUT2D eigenvalue weighted by atomic mass is 16.1. The number of piperidine rings is 1. The van der Waals surface area contributed by atoms with Gasteiger partial charge in [-0.25, -0.2) is 9.97 Å². The lowest BCUT2D eigenvalue weighted by Crippen LogP contribution is -2.35. The number of amides is 1. The molecule has 2 heterocycles. The minimum atomic E-state index is -0.204. The smallest absolute Gasteiger partial charge is 0.274 e. The number of nitrogens with zero attached hydrogens (tertiary/aromatic N) is 3. The fourth-order valence-corrected chi connectivity index (χ4v) is 2.92. The van der Waals surface area contributed by atoms with E-state index in [4.69, 9.17) is 0 Å². The molecule has 1 saturated heterocycles. The lowest BCUT2D eigenvalue weighted by Gasteiger charge is -2.30. The third-order valence-corrected chi connectivity index (χ3v) is 4.09. The largest absolute Gasteiger partial charge is 0.341 e. The number of carbonyl (C=O) groups excluding carboxylic acids is 1. The van der Waals surface area contributed by atoms with Crippen molar-refractivity contribution in [2.24, 2.45) is 5.92 Å². The molecule has 5 heteroatoms. The third-order valence-electron chi connectivity index (χ3n) is 4.09. The maximum absolute atomic E-state index is 12.4. The summed E-state index contributed by atoms with van der Waals surface area (Å²) in [5, 5.41) is 2.89. The molecule has 120 valence electrons. The number of hydrogen-bond donors (Lipinski definition) is 1.